The second-order valence-electron chi connectivity index (χ2n) is 5.67. The summed E-state index contributed by atoms with van der Waals surface area (Å²) >= 11 is 1.51. The lowest BCUT2D eigenvalue weighted by Crippen LogP contribution is -2.42. The molecule has 1 heterocycles. The molecule has 0 bridgehead atoms. The Hall–Kier alpha value is -1.35. The Morgan fingerprint density at radius 3 is 2.70 bits per heavy atom. The van der Waals surface area contributed by atoms with E-state index >= 15 is 0 Å². The molecule has 3 heteroatoms. The minimum Gasteiger partial charge on any atom is -0.348 e. The molecule has 110 valence electrons. The van der Waals surface area contributed by atoms with Crippen molar-refractivity contribution in [3.05, 3.63) is 34.0 Å². The van der Waals surface area contributed by atoms with Crippen LogP contribution in [0.3, 0.4) is 0 Å². The van der Waals surface area contributed by atoms with Crippen LogP contribution in [-0.4, -0.2) is 11.9 Å². The van der Waals surface area contributed by atoms with E-state index in [9.17, 15) is 4.79 Å². The number of nitrogens with one attached hydrogen (secondary N) is 1. The molecule has 1 rings (SSSR count). The predicted octanol–water partition coefficient (Wildman–Crippen LogP) is 4.98. The Morgan fingerprint density at radius 1 is 1.55 bits per heavy atom. The molecular weight excluding hydrogens is 266 g/mol. The second-order valence-corrected chi connectivity index (χ2v) is 6.76. The lowest BCUT2D eigenvalue weighted by Gasteiger charge is -2.31. The summed E-state index contributed by atoms with van der Waals surface area (Å²) in [7, 11) is 0. The van der Waals surface area contributed by atoms with E-state index in [0.29, 0.717) is 0 Å². The van der Waals surface area contributed by atoms with Crippen molar-refractivity contribution in [2.24, 2.45) is 5.41 Å². The number of amides is 1. The number of hydrogen-bond acceptors (Lipinski definition) is 2. The molecule has 0 radical (unpaired) electrons. The molecule has 0 spiro atoms. The quantitative estimate of drug-likeness (QED) is 0.787. The molecular formula is C17H25NOS. The summed E-state index contributed by atoms with van der Waals surface area (Å²) in [5.41, 5.74) is 1.11. The van der Waals surface area contributed by atoms with Gasteiger partial charge in [0.1, 0.15) is 0 Å². The van der Waals surface area contributed by atoms with Gasteiger partial charge in [0.25, 0.3) is 5.91 Å². The van der Waals surface area contributed by atoms with Crippen molar-refractivity contribution in [1.82, 2.24) is 5.32 Å². The van der Waals surface area contributed by atoms with Crippen LogP contribution < -0.4 is 5.32 Å². The van der Waals surface area contributed by atoms with Gasteiger partial charge in [-0.15, -0.1) is 11.3 Å². The van der Waals surface area contributed by atoms with Gasteiger partial charge in [-0.1, -0.05) is 39.5 Å². The highest BCUT2D eigenvalue weighted by molar-refractivity contribution is 7.15. The van der Waals surface area contributed by atoms with Crippen LogP contribution in [0.2, 0.25) is 0 Å². The van der Waals surface area contributed by atoms with Crippen molar-refractivity contribution in [2.45, 2.75) is 47.1 Å². The van der Waals surface area contributed by atoms with Crippen LogP contribution in [0.15, 0.2) is 18.7 Å². The third kappa shape index (κ3) is 3.83. The van der Waals surface area contributed by atoms with Gasteiger partial charge in [-0.3, -0.25) is 4.79 Å². The maximum atomic E-state index is 12.3. The van der Waals surface area contributed by atoms with E-state index in [2.05, 4.69) is 39.6 Å². The Bertz CT molecular complexity index is 511. The normalized spacial score (nSPS) is 13.4. The van der Waals surface area contributed by atoms with Crippen molar-refractivity contribution < 1.29 is 4.79 Å². The van der Waals surface area contributed by atoms with Crippen LogP contribution in [0, 0.1) is 5.41 Å². The van der Waals surface area contributed by atoms with Crippen molar-refractivity contribution in [2.75, 3.05) is 0 Å². The van der Waals surface area contributed by atoms with E-state index in [-0.39, 0.29) is 17.4 Å². The number of carbonyl (C=O) groups is 1. The monoisotopic (exact) mass is 291 g/mol. The predicted molar refractivity (Wildman–Crippen MR) is 90.1 cm³/mol. The fraction of sp³-hybridized carbons (Fsp3) is 0.471. The highest BCUT2D eigenvalue weighted by atomic mass is 32.1. The third-order valence-corrected chi connectivity index (χ3v) is 5.10. The zero-order valence-electron chi connectivity index (χ0n) is 13.1. The molecule has 0 aliphatic heterocycles. The zero-order chi connectivity index (χ0) is 15.3. The number of hydrogen-bond donors (Lipinski definition) is 1. The molecule has 20 heavy (non-hydrogen) atoms. The molecule has 1 amide bonds. The van der Waals surface area contributed by atoms with E-state index in [4.69, 9.17) is 0 Å². The Kier molecular flexibility index (Phi) is 5.75. The highest BCUT2D eigenvalue weighted by Gasteiger charge is 2.26. The smallest absolute Gasteiger partial charge is 0.261 e. The molecule has 1 unspecified atom stereocenters. The maximum Gasteiger partial charge on any atom is 0.261 e. The van der Waals surface area contributed by atoms with Crippen molar-refractivity contribution in [3.8, 4) is 0 Å². The highest BCUT2D eigenvalue weighted by Crippen LogP contribution is 2.27. The summed E-state index contributed by atoms with van der Waals surface area (Å²) in [6, 6.07) is 2.05. The summed E-state index contributed by atoms with van der Waals surface area (Å²) in [5, 5.41) is 3.11. The van der Waals surface area contributed by atoms with Gasteiger partial charge in [0, 0.05) is 10.9 Å². The third-order valence-electron chi connectivity index (χ3n) is 3.98. The molecule has 0 saturated carbocycles. The summed E-state index contributed by atoms with van der Waals surface area (Å²) in [4.78, 5) is 14.2. The van der Waals surface area contributed by atoms with Crippen molar-refractivity contribution in [1.29, 1.82) is 0 Å². The van der Waals surface area contributed by atoms with Crippen LogP contribution in [0.25, 0.3) is 12.2 Å². The molecule has 0 aliphatic rings. The SMILES string of the molecule is C=Cc1cc(C(=O)NC(C)C(C)(C)CC)sc1/C=C\C. The van der Waals surface area contributed by atoms with Crippen LogP contribution in [-0.2, 0) is 0 Å². The van der Waals surface area contributed by atoms with Gasteiger partial charge in [0.2, 0.25) is 0 Å². The summed E-state index contributed by atoms with van der Waals surface area (Å²) in [5.74, 6) is 0.00266. The topological polar surface area (TPSA) is 29.1 Å². The molecule has 0 aromatic carbocycles. The molecule has 0 aliphatic carbocycles. The van der Waals surface area contributed by atoms with Gasteiger partial charge in [-0.25, -0.2) is 0 Å². The first-order valence-electron chi connectivity index (χ1n) is 7.05. The van der Waals surface area contributed by atoms with Crippen LogP contribution >= 0.6 is 11.3 Å². The summed E-state index contributed by atoms with van der Waals surface area (Å²) < 4.78 is 0. The zero-order valence-corrected chi connectivity index (χ0v) is 13.9. The fourth-order valence-electron chi connectivity index (χ4n) is 1.74. The van der Waals surface area contributed by atoms with Gasteiger partial charge in [-0.05, 0) is 43.4 Å². The molecule has 1 atom stereocenters. The van der Waals surface area contributed by atoms with Crippen molar-refractivity contribution in [3.63, 3.8) is 0 Å². The largest absolute Gasteiger partial charge is 0.348 e. The van der Waals surface area contributed by atoms with E-state index < -0.39 is 0 Å². The summed E-state index contributed by atoms with van der Waals surface area (Å²) in [6.45, 7) is 14.3. The Labute approximate surface area is 126 Å². The maximum absolute atomic E-state index is 12.3. The molecule has 0 fully saturated rings. The first-order valence-corrected chi connectivity index (χ1v) is 7.87. The first kappa shape index (κ1) is 16.7. The van der Waals surface area contributed by atoms with Gasteiger partial charge < -0.3 is 5.32 Å². The first-order chi connectivity index (χ1) is 9.35. The summed E-state index contributed by atoms with van der Waals surface area (Å²) in [6.07, 6.45) is 6.81. The minimum absolute atomic E-state index is 0.00266. The van der Waals surface area contributed by atoms with E-state index in [1.807, 2.05) is 25.1 Å². The molecule has 0 saturated heterocycles. The van der Waals surface area contributed by atoms with Gasteiger partial charge in [0.05, 0.1) is 4.88 Å². The van der Waals surface area contributed by atoms with Gasteiger partial charge in [0.15, 0.2) is 0 Å². The van der Waals surface area contributed by atoms with Crippen LogP contribution in [0.1, 0.15) is 61.2 Å². The van der Waals surface area contributed by atoms with Crippen LogP contribution in [0.5, 0.6) is 0 Å². The van der Waals surface area contributed by atoms with Crippen LogP contribution in [0.4, 0.5) is 0 Å². The number of thiophene rings is 1. The standard InChI is InChI=1S/C17H25NOS/c1-7-10-14-13(8-2)11-15(20-14)16(19)18-12(4)17(5,6)9-3/h7-8,10-12H,2,9H2,1,3-6H3,(H,18,19)/b10-7-. The average Bonchev–Trinajstić information content (AvgIpc) is 2.82. The van der Waals surface area contributed by atoms with E-state index in [1.54, 1.807) is 6.08 Å². The molecule has 1 N–H and O–H groups in total. The van der Waals surface area contributed by atoms with E-state index in [0.717, 1.165) is 21.7 Å². The molecule has 1 aromatic heterocycles. The van der Waals surface area contributed by atoms with Gasteiger partial charge in [-0.2, -0.15) is 0 Å². The minimum atomic E-state index is 0.00266. The lowest BCUT2D eigenvalue weighted by molar-refractivity contribution is 0.0905. The fourth-order valence-corrected chi connectivity index (χ4v) is 2.78. The number of carbonyl (C=O) groups excluding carboxylic acids is 1. The lowest BCUT2D eigenvalue weighted by atomic mass is 9.83. The van der Waals surface area contributed by atoms with Crippen molar-refractivity contribution >= 4 is 29.4 Å². The number of rotatable bonds is 6. The van der Waals surface area contributed by atoms with Gasteiger partial charge >= 0.3 is 0 Å². The number of allylic oxidation sites excluding steroid dienone is 1. The average molecular weight is 291 g/mol. The Balaban J connectivity index is 2.91. The molecule has 1 aromatic rings. The molecule has 2 nitrogen and oxygen atoms in total. The second kappa shape index (κ2) is 6.89. The van der Waals surface area contributed by atoms with E-state index in [1.165, 1.54) is 11.3 Å². The Morgan fingerprint density at radius 2 is 2.20 bits per heavy atom.